The molecule has 20 heavy (non-hydrogen) atoms. The smallest absolute Gasteiger partial charge is 0.353 e. The summed E-state index contributed by atoms with van der Waals surface area (Å²) in [7, 11) is 0. The number of rotatable bonds is 3. The average molecular weight is 269 g/mol. The molecule has 3 aromatic rings. The van der Waals surface area contributed by atoms with Gasteiger partial charge in [-0.2, -0.15) is 5.10 Å². The third-order valence-electron chi connectivity index (χ3n) is 3.38. The number of nitrogens with one attached hydrogen (secondary N) is 1. The van der Waals surface area contributed by atoms with Gasteiger partial charge >= 0.3 is 5.97 Å². The van der Waals surface area contributed by atoms with Crippen LogP contribution in [-0.4, -0.2) is 25.8 Å². The number of fused-ring (bicyclic) bond motifs is 1. The van der Waals surface area contributed by atoms with E-state index in [1.54, 1.807) is 6.07 Å². The lowest BCUT2D eigenvalue weighted by atomic mass is 10.1. The van der Waals surface area contributed by atoms with Gasteiger partial charge in [-0.1, -0.05) is 18.2 Å². The summed E-state index contributed by atoms with van der Waals surface area (Å²) >= 11 is 0. The number of hydrogen-bond donors (Lipinski definition) is 2. The summed E-state index contributed by atoms with van der Waals surface area (Å²) in [5.41, 5.74) is 2.81. The SMILES string of the molecule is CC(C)n1cc(-c2cc(C(=O)O)[nH]n2)c2ccccc21. The van der Waals surface area contributed by atoms with Gasteiger partial charge in [-0.05, 0) is 26.0 Å². The Morgan fingerprint density at radius 3 is 2.75 bits per heavy atom. The lowest BCUT2D eigenvalue weighted by Crippen LogP contribution is -1.97. The molecule has 0 aliphatic carbocycles. The minimum atomic E-state index is -1.00. The van der Waals surface area contributed by atoms with Gasteiger partial charge in [0.05, 0.1) is 5.69 Å². The molecule has 1 aromatic carbocycles. The van der Waals surface area contributed by atoms with Crippen molar-refractivity contribution in [2.75, 3.05) is 0 Å². The van der Waals surface area contributed by atoms with E-state index in [-0.39, 0.29) is 5.69 Å². The van der Waals surface area contributed by atoms with Crippen LogP contribution in [0, 0.1) is 0 Å². The molecular weight excluding hydrogens is 254 g/mol. The van der Waals surface area contributed by atoms with Crippen LogP contribution in [0.2, 0.25) is 0 Å². The lowest BCUT2D eigenvalue weighted by Gasteiger charge is -2.08. The molecule has 2 heterocycles. The van der Waals surface area contributed by atoms with E-state index in [4.69, 9.17) is 5.11 Å². The number of carboxylic acid groups (broad SMARTS) is 1. The minimum absolute atomic E-state index is 0.0985. The fourth-order valence-electron chi connectivity index (χ4n) is 2.41. The van der Waals surface area contributed by atoms with Crippen LogP contribution in [0.5, 0.6) is 0 Å². The number of benzene rings is 1. The number of H-pyrrole nitrogens is 1. The molecule has 0 unspecified atom stereocenters. The third-order valence-corrected chi connectivity index (χ3v) is 3.38. The van der Waals surface area contributed by atoms with Crippen molar-refractivity contribution in [1.29, 1.82) is 0 Å². The zero-order valence-electron chi connectivity index (χ0n) is 11.3. The second-order valence-corrected chi connectivity index (χ2v) is 5.03. The molecule has 5 nitrogen and oxygen atoms in total. The van der Waals surface area contributed by atoms with E-state index in [0.29, 0.717) is 11.7 Å². The van der Waals surface area contributed by atoms with Gasteiger partial charge < -0.3 is 9.67 Å². The zero-order chi connectivity index (χ0) is 14.3. The molecule has 0 aliphatic heterocycles. The van der Waals surface area contributed by atoms with Gasteiger partial charge in [-0.25, -0.2) is 4.79 Å². The van der Waals surface area contributed by atoms with Gasteiger partial charge in [-0.15, -0.1) is 0 Å². The molecule has 0 fully saturated rings. The van der Waals surface area contributed by atoms with Crippen LogP contribution in [0.4, 0.5) is 0 Å². The predicted octanol–water partition coefficient (Wildman–Crippen LogP) is 3.31. The first-order chi connectivity index (χ1) is 9.58. The molecule has 3 rings (SSSR count). The van der Waals surface area contributed by atoms with E-state index in [0.717, 1.165) is 16.5 Å². The first kappa shape index (κ1) is 12.5. The normalized spacial score (nSPS) is 11.3. The van der Waals surface area contributed by atoms with Crippen molar-refractivity contribution in [3.05, 3.63) is 42.2 Å². The number of carboxylic acids is 1. The molecule has 2 N–H and O–H groups in total. The summed E-state index contributed by atoms with van der Waals surface area (Å²) in [6, 6.07) is 9.95. The van der Waals surface area contributed by atoms with Crippen molar-refractivity contribution in [2.24, 2.45) is 0 Å². The first-order valence-electron chi connectivity index (χ1n) is 6.46. The van der Waals surface area contributed by atoms with E-state index < -0.39 is 5.97 Å². The van der Waals surface area contributed by atoms with Gasteiger partial charge in [-0.3, -0.25) is 5.10 Å². The van der Waals surface area contributed by atoms with Crippen LogP contribution in [0.3, 0.4) is 0 Å². The maximum atomic E-state index is 10.9. The topological polar surface area (TPSA) is 70.9 Å². The van der Waals surface area contributed by atoms with Gasteiger partial charge in [0, 0.05) is 28.7 Å². The molecule has 0 spiro atoms. The van der Waals surface area contributed by atoms with Crippen molar-refractivity contribution in [3.63, 3.8) is 0 Å². The molecule has 0 saturated carbocycles. The summed E-state index contributed by atoms with van der Waals surface area (Å²) in [4.78, 5) is 10.9. The van der Waals surface area contributed by atoms with Crippen molar-refractivity contribution in [2.45, 2.75) is 19.9 Å². The Morgan fingerprint density at radius 2 is 2.10 bits per heavy atom. The molecular formula is C15H15N3O2. The molecule has 0 aliphatic rings. The fraction of sp³-hybridized carbons (Fsp3) is 0.200. The second-order valence-electron chi connectivity index (χ2n) is 5.03. The van der Waals surface area contributed by atoms with Crippen molar-refractivity contribution < 1.29 is 9.90 Å². The van der Waals surface area contributed by atoms with Crippen LogP contribution in [0.1, 0.15) is 30.4 Å². The van der Waals surface area contributed by atoms with E-state index in [9.17, 15) is 4.79 Å². The van der Waals surface area contributed by atoms with E-state index in [1.807, 2.05) is 24.4 Å². The zero-order valence-corrected chi connectivity index (χ0v) is 11.3. The largest absolute Gasteiger partial charge is 0.477 e. The first-order valence-corrected chi connectivity index (χ1v) is 6.46. The number of aromatic carboxylic acids is 1. The quantitative estimate of drug-likeness (QED) is 0.766. The van der Waals surface area contributed by atoms with Crippen LogP contribution in [-0.2, 0) is 0 Å². The Hall–Kier alpha value is -2.56. The summed E-state index contributed by atoms with van der Waals surface area (Å²) in [5, 5.41) is 16.7. The number of aromatic amines is 1. The number of carbonyl (C=O) groups is 1. The Bertz CT molecular complexity index is 783. The molecule has 0 saturated heterocycles. The molecule has 102 valence electrons. The lowest BCUT2D eigenvalue weighted by molar-refractivity contribution is 0.0690. The number of aromatic nitrogens is 3. The summed E-state index contributed by atoms with van der Waals surface area (Å²) < 4.78 is 2.17. The fourth-order valence-corrected chi connectivity index (χ4v) is 2.41. The standard InChI is InChI=1S/C15H15N3O2/c1-9(2)18-8-11(10-5-3-4-6-14(10)18)12-7-13(15(19)20)17-16-12/h3-9H,1-2H3,(H,16,17)(H,19,20). The minimum Gasteiger partial charge on any atom is -0.477 e. The van der Waals surface area contributed by atoms with Gasteiger partial charge in [0.15, 0.2) is 0 Å². The summed E-state index contributed by atoms with van der Waals surface area (Å²) in [6.45, 7) is 4.23. The molecule has 0 radical (unpaired) electrons. The highest BCUT2D eigenvalue weighted by Crippen LogP contribution is 2.31. The third kappa shape index (κ3) is 1.87. The summed E-state index contributed by atoms with van der Waals surface area (Å²) in [5.74, 6) is -1.00. The van der Waals surface area contributed by atoms with E-state index in [1.165, 1.54) is 0 Å². The highest BCUT2D eigenvalue weighted by molar-refractivity contribution is 5.96. The highest BCUT2D eigenvalue weighted by Gasteiger charge is 2.15. The summed E-state index contributed by atoms with van der Waals surface area (Å²) in [6.07, 6.45) is 2.02. The van der Waals surface area contributed by atoms with Crippen molar-refractivity contribution in [1.82, 2.24) is 14.8 Å². The van der Waals surface area contributed by atoms with E-state index >= 15 is 0 Å². The Morgan fingerprint density at radius 1 is 1.35 bits per heavy atom. The predicted molar refractivity (Wildman–Crippen MR) is 76.9 cm³/mol. The molecule has 5 heteroatoms. The second kappa shape index (κ2) is 4.52. The Balaban J connectivity index is 2.22. The number of hydrogen-bond acceptors (Lipinski definition) is 2. The van der Waals surface area contributed by atoms with Gasteiger partial charge in [0.2, 0.25) is 0 Å². The van der Waals surface area contributed by atoms with Gasteiger partial charge in [0.25, 0.3) is 0 Å². The van der Waals surface area contributed by atoms with Crippen molar-refractivity contribution in [3.8, 4) is 11.3 Å². The molecule has 2 aromatic heterocycles. The number of nitrogens with zero attached hydrogens (tertiary/aromatic N) is 2. The van der Waals surface area contributed by atoms with E-state index in [2.05, 4.69) is 34.7 Å². The van der Waals surface area contributed by atoms with Crippen molar-refractivity contribution >= 4 is 16.9 Å². The maximum Gasteiger partial charge on any atom is 0.353 e. The maximum absolute atomic E-state index is 10.9. The van der Waals surface area contributed by atoms with Crippen LogP contribution < -0.4 is 0 Å². The Kier molecular flexibility index (Phi) is 2.82. The van der Waals surface area contributed by atoms with Crippen LogP contribution in [0.25, 0.3) is 22.2 Å². The Labute approximate surface area is 115 Å². The van der Waals surface area contributed by atoms with Crippen LogP contribution >= 0.6 is 0 Å². The molecule has 0 amide bonds. The van der Waals surface area contributed by atoms with Crippen LogP contribution in [0.15, 0.2) is 36.5 Å². The molecule has 0 atom stereocenters. The number of para-hydroxylation sites is 1. The average Bonchev–Trinajstić information content (AvgIpc) is 3.02. The molecule has 0 bridgehead atoms. The van der Waals surface area contributed by atoms with Gasteiger partial charge in [0.1, 0.15) is 5.69 Å². The monoisotopic (exact) mass is 269 g/mol. The highest BCUT2D eigenvalue weighted by atomic mass is 16.4.